The van der Waals surface area contributed by atoms with E-state index in [0.29, 0.717) is 24.1 Å². The van der Waals surface area contributed by atoms with E-state index in [0.717, 1.165) is 24.9 Å². The van der Waals surface area contributed by atoms with Crippen LogP contribution in [-0.2, 0) is 16.6 Å². The van der Waals surface area contributed by atoms with Crippen molar-refractivity contribution in [3.63, 3.8) is 0 Å². The summed E-state index contributed by atoms with van der Waals surface area (Å²) in [5.74, 6) is 1.50. The van der Waals surface area contributed by atoms with Gasteiger partial charge in [0.25, 0.3) is 0 Å². The number of likely N-dealkylation sites (tertiary alicyclic amines) is 1. The third kappa shape index (κ3) is 0.857. The normalized spacial score (nSPS) is 45.5. The highest BCUT2D eigenvalue weighted by atomic mass is 16.5. The maximum atomic E-state index is 12.7. The molecule has 1 N–H and O–H groups in total. The average Bonchev–Trinajstić information content (AvgIpc) is 2.84. The van der Waals surface area contributed by atoms with Crippen LogP contribution in [0.4, 0.5) is 0 Å². The van der Waals surface area contributed by atoms with Crippen molar-refractivity contribution in [1.82, 2.24) is 4.90 Å². The minimum Gasteiger partial charge on any atom is -0.504 e. The molecule has 0 aromatic heterocycles. The lowest BCUT2D eigenvalue weighted by Gasteiger charge is -2.82. The zero-order chi connectivity index (χ0) is 14.9. The van der Waals surface area contributed by atoms with E-state index < -0.39 is 0 Å². The number of ether oxygens (including phenoxy) is 1. The highest BCUT2D eigenvalue weighted by molar-refractivity contribution is 5.93. The molecule has 3 fully saturated rings. The molecule has 2 bridgehead atoms. The molecule has 2 heterocycles. The number of carbonyl (C=O) groups is 1. The first kappa shape index (κ1) is 11.7. The molecule has 3 aliphatic carbocycles. The van der Waals surface area contributed by atoms with Crippen LogP contribution in [0.5, 0.6) is 11.5 Å². The molecule has 0 amide bonds. The number of hydrogen-bond donors (Lipinski definition) is 1. The first-order chi connectivity index (χ1) is 10.6. The Balaban J connectivity index is 1.63. The van der Waals surface area contributed by atoms with E-state index in [-0.39, 0.29) is 28.6 Å². The molecule has 112 valence electrons. The van der Waals surface area contributed by atoms with E-state index in [1.165, 1.54) is 5.56 Å². The van der Waals surface area contributed by atoms with Crippen molar-refractivity contribution in [3.8, 4) is 11.5 Å². The summed E-state index contributed by atoms with van der Waals surface area (Å²) in [5.41, 5.74) is 2.30. The molecule has 5 atom stereocenters. The Morgan fingerprint density at radius 1 is 1.50 bits per heavy atom. The number of rotatable bonds is 2. The van der Waals surface area contributed by atoms with E-state index in [1.54, 1.807) is 6.07 Å². The lowest BCUT2D eigenvalue weighted by molar-refractivity contribution is -0.283. The number of ketones is 1. The predicted molar refractivity (Wildman–Crippen MR) is 79.1 cm³/mol. The van der Waals surface area contributed by atoms with Crippen molar-refractivity contribution in [2.24, 2.45) is 5.92 Å². The van der Waals surface area contributed by atoms with Gasteiger partial charge in [0, 0.05) is 36.0 Å². The van der Waals surface area contributed by atoms with E-state index in [1.807, 2.05) is 12.1 Å². The van der Waals surface area contributed by atoms with Crippen molar-refractivity contribution >= 4 is 5.78 Å². The third-order valence-electron chi connectivity index (χ3n) is 7.01. The van der Waals surface area contributed by atoms with Gasteiger partial charge < -0.3 is 9.84 Å². The summed E-state index contributed by atoms with van der Waals surface area (Å²) < 4.78 is 6.01. The topological polar surface area (TPSA) is 49.8 Å². The first-order valence-corrected chi connectivity index (χ1v) is 8.06. The SMILES string of the molecule is C=CCN1[C@@H]2Cc3ccc(O)c4c3[C@@]35C[C@@]1(CC(=O)[C@@H]3O4)[C@@H]25. The van der Waals surface area contributed by atoms with Gasteiger partial charge in [0.15, 0.2) is 23.4 Å². The monoisotopic (exact) mass is 295 g/mol. The summed E-state index contributed by atoms with van der Waals surface area (Å²) in [5, 5.41) is 10.2. The van der Waals surface area contributed by atoms with E-state index in [9.17, 15) is 9.90 Å². The van der Waals surface area contributed by atoms with Crippen LogP contribution in [0.2, 0.25) is 0 Å². The van der Waals surface area contributed by atoms with Crippen molar-refractivity contribution in [2.75, 3.05) is 6.54 Å². The highest BCUT2D eigenvalue weighted by Crippen LogP contribution is 2.78. The van der Waals surface area contributed by atoms with Crippen LogP contribution in [0.3, 0.4) is 0 Å². The first-order valence-electron chi connectivity index (χ1n) is 8.06. The number of phenols is 1. The second-order valence-electron chi connectivity index (χ2n) is 7.60. The van der Waals surface area contributed by atoms with Crippen molar-refractivity contribution < 1.29 is 14.6 Å². The second kappa shape index (κ2) is 3.11. The van der Waals surface area contributed by atoms with Gasteiger partial charge in [0.05, 0.1) is 5.41 Å². The fourth-order valence-electron chi connectivity index (χ4n) is 6.68. The van der Waals surface area contributed by atoms with Gasteiger partial charge in [-0.2, -0.15) is 0 Å². The molecule has 2 aliphatic heterocycles. The fraction of sp³-hybridized carbons (Fsp3) is 0.500. The number of piperidine rings is 1. The minimum atomic E-state index is -0.366. The molecule has 1 aromatic carbocycles. The summed E-state index contributed by atoms with van der Waals surface area (Å²) in [7, 11) is 0. The van der Waals surface area contributed by atoms with E-state index >= 15 is 0 Å². The molecule has 6 rings (SSSR count). The molecule has 2 spiro atoms. The summed E-state index contributed by atoms with van der Waals surface area (Å²) in [4.78, 5) is 15.2. The molecule has 1 saturated heterocycles. The quantitative estimate of drug-likeness (QED) is 0.841. The molecular formula is C18H17NO3. The van der Waals surface area contributed by atoms with Gasteiger partial charge in [-0.1, -0.05) is 12.1 Å². The largest absolute Gasteiger partial charge is 0.504 e. The zero-order valence-corrected chi connectivity index (χ0v) is 12.2. The highest BCUT2D eigenvalue weighted by Gasteiger charge is 2.85. The van der Waals surface area contributed by atoms with Crippen LogP contribution in [-0.4, -0.2) is 40.0 Å². The number of Topliss-reactive ketones (excluding diaryl/α,β-unsaturated/α-hetero) is 1. The Kier molecular flexibility index (Phi) is 1.66. The summed E-state index contributed by atoms with van der Waals surface area (Å²) >= 11 is 0. The summed E-state index contributed by atoms with van der Waals surface area (Å²) in [6, 6.07) is 4.23. The lowest BCUT2D eigenvalue weighted by atomic mass is 9.31. The van der Waals surface area contributed by atoms with E-state index in [4.69, 9.17) is 4.74 Å². The number of phenolic OH excluding ortho intramolecular Hbond substituents is 1. The average molecular weight is 295 g/mol. The Morgan fingerprint density at radius 3 is 3.18 bits per heavy atom. The molecule has 4 nitrogen and oxygen atoms in total. The molecule has 22 heavy (non-hydrogen) atoms. The minimum absolute atomic E-state index is 0.0422. The van der Waals surface area contributed by atoms with Crippen LogP contribution in [0, 0.1) is 5.92 Å². The second-order valence-corrected chi connectivity index (χ2v) is 7.60. The van der Waals surface area contributed by atoms with Crippen molar-refractivity contribution in [2.45, 2.75) is 42.4 Å². The molecule has 2 saturated carbocycles. The molecule has 0 unspecified atom stereocenters. The molecule has 4 heteroatoms. The smallest absolute Gasteiger partial charge is 0.176 e. The van der Waals surface area contributed by atoms with E-state index in [2.05, 4.69) is 11.5 Å². The van der Waals surface area contributed by atoms with Crippen molar-refractivity contribution in [3.05, 3.63) is 35.9 Å². The van der Waals surface area contributed by atoms with Gasteiger partial charge in [-0.15, -0.1) is 6.58 Å². The summed E-state index contributed by atoms with van der Waals surface area (Å²) in [6.45, 7) is 4.75. The Bertz CT molecular complexity index is 787. The van der Waals surface area contributed by atoms with Crippen LogP contribution in [0.1, 0.15) is 24.0 Å². The van der Waals surface area contributed by atoms with Gasteiger partial charge in [-0.05, 0) is 24.5 Å². The van der Waals surface area contributed by atoms with Crippen LogP contribution < -0.4 is 4.74 Å². The van der Waals surface area contributed by atoms with Gasteiger partial charge in [-0.25, -0.2) is 0 Å². The molecular weight excluding hydrogens is 278 g/mol. The fourth-order valence-corrected chi connectivity index (χ4v) is 6.68. The van der Waals surface area contributed by atoms with Gasteiger partial charge in [0.2, 0.25) is 0 Å². The van der Waals surface area contributed by atoms with Crippen LogP contribution in [0.25, 0.3) is 0 Å². The molecule has 1 aromatic rings. The zero-order valence-electron chi connectivity index (χ0n) is 12.2. The predicted octanol–water partition coefficient (Wildman–Crippen LogP) is 1.55. The summed E-state index contributed by atoms with van der Waals surface area (Å²) in [6.07, 6.45) is 4.17. The molecule has 5 aliphatic rings. The molecule has 0 radical (unpaired) electrons. The number of nitrogens with zero attached hydrogens (tertiary/aromatic N) is 1. The van der Waals surface area contributed by atoms with Crippen molar-refractivity contribution in [1.29, 1.82) is 0 Å². The maximum Gasteiger partial charge on any atom is 0.176 e. The Morgan fingerprint density at radius 2 is 2.36 bits per heavy atom. The Labute approximate surface area is 128 Å². The third-order valence-corrected chi connectivity index (χ3v) is 7.01. The van der Waals surface area contributed by atoms with Gasteiger partial charge >= 0.3 is 0 Å². The van der Waals surface area contributed by atoms with Gasteiger partial charge in [-0.3, -0.25) is 9.69 Å². The Hall–Kier alpha value is -1.81. The van der Waals surface area contributed by atoms with Gasteiger partial charge in [0.1, 0.15) is 0 Å². The number of carbonyl (C=O) groups excluding carboxylic acids is 1. The van der Waals surface area contributed by atoms with Crippen LogP contribution >= 0.6 is 0 Å². The maximum absolute atomic E-state index is 12.7. The standard InChI is InChI=1S/C18H17NO3/c1-2-5-19-10-6-9-3-4-11(20)14-13(9)18-8-17(19,15(10)18)7-12(21)16(18)22-14/h2-4,10,15-16,20H,1,5-8H2/t10-,15-,16+,17+,18-/m1/s1. The number of benzene rings is 1. The van der Waals surface area contributed by atoms with Crippen LogP contribution in [0.15, 0.2) is 24.8 Å². The lowest BCUT2D eigenvalue weighted by Crippen LogP contribution is -2.92. The number of aromatic hydroxyl groups is 1. The number of hydrogen-bond acceptors (Lipinski definition) is 4.